The van der Waals surface area contributed by atoms with Crippen molar-refractivity contribution in [2.24, 2.45) is 11.3 Å². The molecule has 0 aromatic heterocycles. The third-order valence-corrected chi connectivity index (χ3v) is 5.71. The molecular weight excluding hydrogens is 228 g/mol. The fourth-order valence-corrected chi connectivity index (χ4v) is 4.40. The summed E-state index contributed by atoms with van der Waals surface area (Å²) in [6, 6.07) is 0. The molecule has 0 bridgehead atoms. The number of carboxylic acids is 1. The number of carbonyl (C=O) groups is 1. The lowest BCUT2D eigenvalue weighted by molar-refractivity contribution is -0.177. The highest BCUT2D eigenvalue weighted by Gasteiger charge is 2.54. The Morgan fingerprint density at radius 2 is 1.78 bits per heavy atom. The molecule has 3 nitrogen and oxygen atoms in total. The second-order valence-electron chi connectivity index (χ2n) is 6.60. The zero-order chi connectivity index (χ0) is 12.6. The Balaban J connectivity index is 1.75. The summed E-state index contributed by atoms with van der Waals surface area (Å²) < 4.78 is 6.09. The summed E-state index contributed by atoms with van der Waals surface area (Å²) >= 11 is 0. The molecule has 3 aliphatic rings. The van der Waals surface area contributed by atoms with Gasteiger partial charge in [0.15, 0.2) is 0 Å². The van der Waals surface area contributed by atoms with Crippen molar-refractivity contribution >= 4 is 5.97 Å². The van der Waals surface area contributed by atoms with Crippen molar-refractivity contribution in [1.29, 1.82) is 0 Å². The molecule has 0 aromatic carbocycles. The van der Waals surface area contributed by atoms with Crippen LogP contribution in [0.1, 0.15) is 64.2 Å². The van der Waals surface area contributed by atoms with E-state index in [9.17, 15) is 9.90 Å². The molecular formula is C15H24O3. The van der Waals surface area contributed by atoms with Crippen molar-refractivity contribution in [1.82, 2.24) is 0 Å². The van der Waals surface area contributed by atoms with Gasteiger partial charge in [0.05, 0.1) is 11.0 Å². The van der Waals surface area contributed by atoms with Gasteiger partial charge in [0.1, 0.15) is 0 Å². The second-order valence-corrected chi connectivity index (χ2v) is 6.60. The van der Waals surface area contributed by atoms with Crippen molar-refractivity contribution in [3.63, 3.8) is 0 Å². The van der Waals surface area contributed by atoms with Crippen molar-refractivity contribution < 1.29 is 14.6 Å². The average Bonchev–Trinajstić information content (AvgIpc) is 2.28. The van der Waals surface area contributed by atoms with E-state index >= 15 is 0 Å². The van der Waals surface area contributed by atoms with Crippen LogP contribution in [0.2, 0.25) is 0 Å². The molecule has 18 heavy (non-hydrogen) atoms. The topological polar surface area (TPSA) is 46.5 Å². The second kappa shape index (κ2) is 4.52. The minimum absolute atomic E-state index is 0.0409. The van der Waals surface area contributed by atoms with E-state index in [-0.39, 0.29) is 5.60 Å². The third kappa shape index (κ3) is 1.87. The van der Waals surface area contributed by atoms with Gasteiger partial charge in [-0.05, 0) is 44.4 Å². The summed E-state index contributed by atoms with van der Waals surface area (Å²) in [5, 5.41) is 9.58. The van der Waals surface area contributed by atoms with E-state index in [4.69, 9.17) is 4.74 Å². The molecule has 2 aliphatic carbocycles. The molecule has 1 atom stereocenters. The molecule has 0 radical (unpaired) electrons. The quantitative estimate of drug-likeness (QED) is 0.819. The summed E-state index contributed by atoms with van der Waals surface area (Å²) in [6.45, 7) is 0.777. The number of carboxylic acid groups (broad SMARTS) is 1. The van der Waals surface area contributed by atoms with Gasteiger partial charge in [-0.3, -0.25) is 4.79 Å². The summed E-state index contributed by atoms with van der Waals surface area (Å²) in [4.78, 5) is 11.6. The fraction of sp³-hybridized carbons (Fsp3) is 0.933. The first-order chi connectivity index (χ1) is 8.67. The first-order valence-corrected chi connectivity index (χ1v) is 7.54. The molecule has 3 fully saturated rings. The number of rotatable bonds is 2. The predicted octanol–water partition coefficient (Wildman–Crippen LogP) is 3.37. The third-order valence-electron chi connectivity index (χ3n) is 5.71. The monoisotopic (exact) mass is 252 g/mol. The van der Waals surface area contributed by atoms with Crippen LogP contribution in [0.25, 0.3) is 0 Å². The minimum atomic E-state index is -0.549. The predicted molar refractivity (Wildman–Crippen MR) is 68.4 cm³/mol. The maximum atomic E-state index is 11.6. The van der Waals surface area contributed by atoms with Crippen molar-refractivity contribution in [3.8, 4) is 0 Å². The van der Waals surface area contributed by atoms with Gasteiger partial charge < -0.3 is 9.84 Å². The Kier molecular flexibility index (Phi) is 3.13. The van der Waals surface area contributed by atoms with Crippen molar-refractivity contribution in [2.75, 3.05) is 6.61 Å². The van der Waals surface area contributed by atoms with Crippen LogP contribution in [0.15, 0.2) is 0 Å². The SMILES string of the molecule is O=C(O)C1(C2CCOC3(CCCCC3)C2)CCC1. The number of hydrogen-bond acceptors (Lipinski definition) is 2. The largest absolute Gasteiger partial charge is 0.481 e. The van der Waals surface area contributed by atoms with Crippen LogP contribution < -0.4 is 0 Å². The zero-order valence-corrected chi connectivity index (χ0v) is 11.1. The lowest BCUT2D eigenvalue weighted by Crippen LogP contribution is -2.51. The first-order valence-electron chi connectivity index (χ1n) is 7.54. The fourth-order valence-electron chi connectivity index (χ4n) is 4.40. The number of aliphatic carboxylic acids is 1. The molecule has 3 rings (SSSR count). The van der Waals surface area contributed by atoms with Gasteiger partial charge in [0.2, 0.25) is 0 Å². The molecule has 0 aromatic rings. The highest BCUT2D eigenvalue weighted by molar-refractivity contribution is 5.76. The number of ether oxygens (including phenoxy) is 1. The smallest absolute Gasteiger partial charge is 0.309 e. The van der Waals surface area contributed by atoms with Gasteiger partial charge in [-0.15, -0.1) is 0 Å². The van der Waals surface area contributed by atoms with E-state index in [1.54, 1.807) is 0 Å². The maximum absolute atomic E-state index is 11.6. The van der Waals surface area contributed by atoms with Gasteiger partial charge in [-0.2, -0.15) is 0 Å². The molecule has 1 saturated heterocycles. The highest BCUT2D eigenvalue weighted by Crippen LogP contribution is 2.54. The summed E-state index contributed by atoms with van der Waals surface area (Å²) in [5.41, 5.74) is -0.354. The van der Waals surface area contributed by atoms with Gasteiger partial charge in [-0.25, -0.2) is 0 Å². The Bertz CT molecular complexity index is 321. The van der Waals surface area contributed by atoms with Crippen LogP contribution in [-0.2, 0) is 9.53 Å². The summed E-state index contributed by atoms with van der Waals surface area (Å²) in [6.07, 6.45) is 11.0. The van der Waals surface area contributed by atoms with E-state index in [0.717, 1.165) is 51.6 Å². The van der Waals surface area contributed by atoms with Gasteiger partial charge >= 0.3 is 5.97 Å². The lowest BCUT2D eigenvalue weighted by atomic mass is 9.56. The van der Waals surface area contributed by atoms with Crippen LogP contribution in [0.5, 0.6) is 0 Å². The van der Waals surface area contributed by atoms with Crippen LogP contribution >= 0.6 is 0 Å². The Morgan fingerprint density at radius 3 is 2.33 bits per heavy atom. The Morgan fingerprint density at radius 1 is 1.06 bits per heavy atom. The van der Waals surface area contributed by atoms with E-state index < -0.39 is 11.4 Å². The minimum Gasteiger partial charge on any atom is -0.481 e. The molecule has 2 saturated carbocycles. The van der Waals surface area contributed by atoms with Crippen LogP contribution in [-0.4, -0.2) is 23.3 Å². The van der Waals surface area contributed by atoms with Crippen LogP contribution in [0, 0.1) is 11.3 Å². The molecule has 1 unspecified atom stereocenters. The van der Waals surface area contributed by atoms with Crippen molar-refractivity contribution in [2.45, 2.75) is 69.8 Å². The van der Waals surface area contributed by atoms with E-state index in [1.807, 2.05) is 0 Å². The van der Waals surface area contributed by atoms with Crippen LogP contribution in [0.4, 0.5) is 0 Å². The van der Waals surface area contributed by atoms with Gasteiger partial charge in [-0.1, -0.05) is 25.7 Å². The van der Waals surface area contributed by atoms with E-state index in [2.05, 4.69) is 0 Å². The average molecular weight is 252 g/mol. The van der Waals surface area contributed by atoms with Crippen molar-refractivity contribution in [3.05, 3.63) is 0 Å². The molecule has 1 N–H and O–H groups in total. The van der Waals surface area contributed by atoms with Crippen LogP contribution in [0.3, 0.4) is 0 Å². The highest BCUT2D eigenvalue weighted by atomic mass is 16.5. The molecule has 3 heteroatoms. The molecule has 1 heterocycles. The van der Waals surface area contributed by atoms with E-state index in [0.29, 0.717) is 5.92 Å². The Labute approximate surface area is 109 Å². The molecule has 102 valence electrons. The number of hydrogen-bond donors (Lipinski definition) is 1. The summed E-state index contributed by atoms with van der Waals surface area (Å²) in [7, 11) is 0. The van der Waals surface area contributed by atoms with Gasteiger partial charge in [0.25, 0.3) is 0 Å². The Hall–Kier alpha value is -0.570. The molecule has 1 spiro atoms. The zero-order valence-electron chi connectivity index (χ0n) is 11.1. The molecule has 0 amide bonds. The standard InChI is InChI=1S/C15H24O3/c16-13(17)15(8-4-9-15)12-5-10-18-14(11-12)6-2-1-3-7-14/h12H,1-11H2,(H,16,17). The first kappa shape index (κ1) is 12.5. The molecule has 1 aliphatic heterocycles. The lowest BCUT2D eigenvalue weighted by Gasteiger charge is -2.51. The maximum Gasteiger partial charge on any atom is 0.309 e. The normalized spacial score (nSPS) is 33.9. The van der Waals surface area contributed by atoms with Gasteiger partial charge in [0, 0.05) is 6.61 Å². The van der Waals surface area contributed by atoms with E-state index in [1.165, 1.54) is 19.3 Å². The summed E-state index contributed by atoms with van der Waals surface area (Å²) in [5.74, 6) is -0.192.